The van der Waals surface area contributed by atoms with Crippen LogP contribution in [0.1, 0.15) is 27.6 Å². The molecule has 2 heterocycles. The van der Waals surface area contributed by atoms with Gasteiger partial charge in [0.2, 0.25) is 0 Å². The maximum atomic E-state index is 5.58. The monoisotopic (exact) mass is 289 g/mol. The van der Waals surface area contributed by atoms with Crippen LogP contribution in [-0.2, 0) is 6.42 Å². The summed E-state index contributed by atoms with van der Waals surface area (Å²) < 4.78 is 11.0. The average molecular weight is 289 g/mol. The predicted octanol–water partition coefficient (Wildman–Crippen LogP) is 3.31. The number of fused-ring (bicyclic) bond motifs is 1. The van der Waals surface area contributed by atoms with Crippen LogP contribution in [0, 0.1) is 6.92 Å². The summed E-state index contributed by atoms with van der Waals surface area (Å²) in [5.41, 5.74) is 3.91. The van der Waals surface area contributed by atoms with Crippen molar-refractivity contribution in [3.8, 4) is 11.5 Å². The fourth-order valence-electron chi connectivity index (χ4n) is 2.90. The van der Waals surface area contributed by atoms with Crippen LogP contribution < -0.4 is 14.8 Å². The van der Waals surface area contributed by atoms with E-state index in [2.05, 4.69) is 29.8 Å². The lowest BCUT2D eigenvalue weighted by atomic mass is 9.91. The van der Waals surface area contributed by atoms with Gasteiger partial charge in [-0.25, -0.2) is 0 Å². The van der Waals surface area contributed by atoms with Crippen LogP contribution in [-0.4, -0.2) is 20.8 Å². The Morgan fingerprint density at radius 2 is 2.05 bits per heavy atom. The minimum absolute atomic E-state index is 0.263. The van der Waals surface area contributed by atoms with Gasteiger partial charge in [-0.3, -0.25) is 0 Å². The summed E-state index contributed by atoms with van der Waals surface area (Å²) in [6, 6.07) is 6.60. The highest BCUT2D eigenvalue weighted by Crippen LogP contribution is 2.41. The third-order valence-corrected chi connectivity index (χ3v) is 4.97. The van der Waals surface area contributed by atoms with Gasteiger partial charge in [0.15, 0.2) is 11.5 Å². The van der Waals surface area contributed by atoms with Crippen molar-refractivity contribution in [1.82, 2.24) is 5.32 Å². The average Bonchev–Trinajstić information content (AvgIpc) is 2.91. The van der Waals surface area contributed by atoms with E-state index >= 15 is 0 Å². The molecule has 0 bridgehead atoms. The molecule has 1 aromatic heterocycles. The van der Waals surface area contributed by atoms with Crippen molar-refractivity contribution in [3.05, 3.63) is 45.1 Å². The molecule has 4 heteroatoms. The molecule has 0 fully saturated rings. The van der Waals surface area contributed by atoms with E-state index in [1.165, 1.54) is 21.6 Å². The standard InChI is InChI=1S/C16H19NO2S/c1-10-7-9-20-16(10)14-11-4-5-13(18-2)15(19-3)12(11)6-8-17-14/h4-5,7,9,14,17H,6,8H2,1-3H3. The molecule has 0 amide bonds. The minimum Gasteiger partial charge on any atom is -0.493 e. The lowest BCUT2D eigenvalue weighted by Crippen LogP contribution is -2.30. The van der Waals surface area contributed by atoms with Crippen LogP contribution in [0.15, 0.2) is 23.6 Å². The first-order chi connectivity index (χ1) is 9.76. The van der Waals surface area contributed by atoms with Crippen LogP contribution in [0.5, 0.6) is 11.5 Å². The quantitative estimate of drug-likeness (QED) is 0.940. The normalized spacial score (nSPS) is 17.6. The Bertz CT molecular complexity index is 621. The van der Waals surface area contributed by atoms with Crippen molar-refractivity contribution in [3.63, 3.8) is 0 Å². The summed E-state index contributed by atoms with van der Waals surface area (Å²) >= 11 is 1.81. The van der Waals surface area contributed by atoms with Gasteiger partial charge in [-0.05, 0) is 42.0 Å². The molecule has 1 aliphatic rings. The van der Waals surface area contributed by atoms with Crippen LogP contribution in [0.2, 0.25) is 0 Å². The fourth-order valence-corrected chi connectivity index (χ4v) is 3.92. The first-order valence-electron chi connectivity index (χ1n) is 6.77. The van der Waals surface area contributed by atoms with E-state index in [1.54, 1.807) is 14.2 Å². The highest BCUT2D eigenvalue weighted by Gasteiger charge is 2.27. The summed E-state index contributed by atoms with van der Waals surface area (Å²) in [5.74, 6) is 1.69. The highest BCUT2D eigenvalue weighted by atomic mass is 32.1. The maximum absolute atomic E-state index is 5.58. The minimum atomic E-state index is 0.263. The Morgan fingerprint density at radius 3 is 2.70 bits per heavy atom. The van der Waals surface area contributed by atoms with Crippen molar-refractivity contribution in [2.24, 2.45) is 0 Å². The molecule has 3 nitrogen and oxygen atoms in total. The van der Waals surface area contributed by atoms with E-state index in [9.17, 15) is 0 Å². The number of thiophene rings is 1. The predicted molar refractivity (Wildman–Crippen MR) is 82.2 cm³/mol. The molecular weight excluding hydrogens is 270 g/mol. The maximum Gasteiger partial charge on any atom is 0.164 e. The van der Waals surface area contributed by atoms with Gasteiger partial charge in [0.1, 0.15) is 0 Å². The summed E-state index contributed by atoms with van der Waals surface area (Å²) in [5, 5.41) is 5.78. The lowest BCUT2D eigenvalue weighted by molar-refractivity contribution is 0.348. The first kappa shape index (κ1) is 13.5. The van der Waals surface area contributed by atoms with Gasteiger partial charge < -0.3 is 14.8 Å². The van der Waals surface area contributed by atoms with Gasteiger partial charge >= 0.3 is 0 Å². The van der Waals surface area contributed by atoms with Crippen LogP contribution in [0.4, 0.5) is 0 Å². The molecule has 1 aromatic carbocycles. The number of rotatable bonds is 3. The molecule has 1 atom stereocenters. The van der Waals surface area contributed by atoms with E-state index in [-0.39, 0.29) is 6.04 Å². The van der Waals surface area contributed by atoms with Crippen LogP contribution in [0.25, 0.3) is 0 Å². The van der Waals surface area contributed by atoms with Gasteiger partial charge in [-0.1, -0.05) is 6.07 Å². The van der Waals surface area contributed by atoms with Gasteiger partial charge in [0.25, 0.3) is 0 Å². The van der Waals surface area contributed by atoms with Crippen LogP contribution in [0.3, 0.4) is 0 Å². The number of ether oxygens (including phenoxy) is 2. The fraction of sp³-hybridized carbons (Fsp3) is 0.375. The van der Waals surface area contributed by atoms with E-state index in [1.807, 2.05) is 17.4 Å². The molecule has 20 heavy (non-hydrogen) atoms. The van der Waals surface area contributed by atoms with E-state index in [0.29, 0.717) is 0 Å². The molecular formula is C16H19NO2S. The van der Waals surface area contributed by atoms with E-state index in [4.69, 9.17) is 9.47 Å². The molecule has 0 aliphatic carbocycles. The smallest absolute Gasteiger partial charge is 0.164 e. The molecule has 1 aliphatic heterocycles. The summed E-state index contributed by atoms with van der Waals surface area (Å²) in [6.07, 6.45) is 0.969. The third-order valence-electron chi connectivity index (χ3n) is 3.88. The molecule has 2 aromatic rings. The third kappa shape index (κ3) is 2.09. The Morgan fingerprint density at radius 1 is 1.20 bits per heavy atom. The summed E-state index contributed by atoms with van der Waals surface area (Å²) in [7, 11) is 3.40. The lowest BCUT2D eigenvalue weighted by Gasteiger charge is -2.29. The molecule has 3 rings (SSSR count). The van der Waals surface area contributed by atoms with Gasteiger partial charge in [-0.2, -0.15) is 0 Å². The molecule has 1 N–H and O–H groups in total. The largest absolute Gasteiger partial charge is 0.493 e. The number of nitrogens with one attached hydrogen (secondary N) is 1. The Hall–Kier alpha value is -1.52. The van der Waals surface area contributed by atoms with Crippen molar-refractivity contribution >= 4 is 11.3 Å². The Kier molecular flexibility index (Phi) is 3.68. The number of methoxy groups -OCH3 is 2. The molecule has 0 radical (unpaired) electrons. The molecule has 0 spiro atoms. The first-order valence-corrected chi connectivity index (χ1v) is 7.65. The number of hydrogen-bond acceptors (Lipinski definition) is 4. The zero-order chi connectivity index (χ0) is 14.1. The molecule has 0 saturated heterocycles. The SMILES string of the molecule is COc1ccc2c(c1OC)CCNC2c1sccc1C. The molecule has 106 valence electrons. The van der Waals surface area contributed by atoms with Crippen molar-refractivity contribution in [2.75, 3.05) is 20.8 Å². The summed E-state index contributed by atoms with van der Waals surface area (Å²) in [6.45, 7) is 3.13. The number of benzene rings is 1. The second-order valence-electron chi connectivity index (χ2n) is 4.97. The van der Waals surface area contributed by atoms with E-state index < -0.39 is 0 Å². The Labute approximate surface area is 123 Å². The highest BCUT2D eigenvalue weighted by molar-refractivity contribution is 7.10. The molecule has 0 saturated carbocycles. The van der Waals surface area contributed by atoms with Crippen molar-refractivity contribution in [2.45, 2.75) is 19.4 Å². The van der Waals surface area contributed by atoms with Crippen molar-refractivity contribution in [1.29, 1.82) is 0 Å². The second kappa shape index (κ2) is 5.46. The molecule has 1 unspecified atom stereocenters. The van der Waals surface area contributed by atoms with Crippen LogP contribution >= 0.6 is 11.3 Å². The van der Waals surface area contributed by atoms with Gasteiger partial charge in [0, 0.05) is 17.0 Å². The number of aryl methyl sites for hydroxylation is 1. The number of hydrogen-bond donors (Lipinski definition) is 1. The van der Waals surface area contributed by atoms with E-state index in [0.717, 1.165) is 24.5 Å². The van der Waals surface area contributed by atoms with Gasteiger partial charge in [0.05, 0.1) is 20.3 Å². The zero-order valence-electron chi connectivity index (χ0n) is 12.0. The zero-order valence-corrected chi connectivity index (χ0v) is 12.8. The topological polar surface area (TPSA) is 30.5 Å². The second-order valence-corrected chi connectivity index (χ2v) is 5.92. The van der Waals surface area contributed by atoms with Crippen molar-refractivity contribution < 1.29 is 9.47 Å². The Balaban J connectivity index is 2.12. The summed E-state index contributed by atoms with van der Waals surface area (Å²) in [4.78, 5) is 1.39. The van der Waals surface area contributed by atoms with Gasteiger partial charge in [-0.15, -0.1) is 11.3 Å².